The third kappa shape index (κ3) is 5.89. The van der Waals surface area contributed by atoms with Gasteiger partial charge in [-0.1, -0.05) is 20.8 Å². The number of nitrogens with zero attached hydrogens (tertiary/aromatic N) is 2. The second-order valence-corrected chi connectivity index (χ2v) is 10.1. The van der Waals surface area contributed by atoms with Crippen molar-refractivity contribution >= 4 is 28.6 Å². The molecule has 0 bridgehead atoms. The van der Waals surface area contributed by atoms with E-state index in [4.69, 9.17) is 4.98 Å². The van der Waals surface area contributed by atoms with Crippen LogP contribution in [0.25, 0.3) is 11.0 Å². The zero-order valence-electron chi connectivity index (χ0n) is 20.4. The van der Waals surface area contributed by atoms with Crippen LogP contribution in [0.2, 0.25) is 0 Å². The minimum Gasteiger partial charge on any atom is -0.406 e. The smallest absolute Gasteiger partial charge is 0.406 e. The lowest BCUT2D eigenvalue weighted by atomic mass is 9.70. The summed E-state index contributed by atoms with van der Waals surface area (Å²) >= 11 is 0. The molecular formula is C26H31F3N4O2. The summed E-state index contributed by atoms with van der Waals surface area (Å²) in [7, 11) is 0. The number of amides is 1. The van der Waals surface area contributed by atoms with Crippen LogP contribution in [0.5, 0.6) is 5.75 Å². The second-order valence-electron chi connectivity index (χ2n) is 10.1. The summed E-state index contributed by atoms with van der Waals surface area (Å²) < 4.78 is 43.7. The number of carbonyl (C=O) groups is 1. The van der Waals surface area contributed by atoms with Gasteiger partial charge >= 0.3 is 6.36 Å². The summed E-state index contributed by atoms with van der Waals surface area (Å²) in [6, 6.07) is 11.3. The van der Waals surface area contributed by atoms with Crippen molar-refractivity contribution in [3.63, 3.8) is 0 Å². The van der Waals surface area contributed by atoms with Crippen LogP contribution in [0.3, 0.4) is 0 Å². The summed E-state index contributed by atoms with van der Waals surface area (Å²) in [5.74, 6) is 0.673. The van der Waals surface area contributed by atoms with Gasteiger partial charge in [-0.15, -0.1) is 13.2 Å². The van der Waals surface area contributed by atoms with E-state index in [1.165, 1.54) is 24.3 Å². The second kappa shape index (κ2) is 9.43. The molecule has 1 aliphatic rings. The van der Waals surface area contributed by atoms with E-state index in [1.54, 1.807) is 12.1 Å². The first-order valence-electron chi connectivity index (χ1n) is 11.9. The fourth-order valence-corrected chi connectivity index (χ4v) is 5.32. The summed E-state index contributed by atoms with van der Waals surface area (Å²) in [6.07, 6.45) is -1.65. The van der Waals surface area contributed by atoms with Crippen molar-refractivity contribution in [3.05, 3.63) is 48.0 Å². The number of halogens is 3. The molecule has 6 nitrogen and oxygen atoms in total. The lowest BCUT2D eigenvalue weighted by Gasteiger charge is -2.40. The third-order valence-corrected chi connectivity index (χ3v) is 6.36. The van der Waals surface area contributed by atoms with Crippen molar-refractivity contribution in [2.75, 3.05) is 11.9 Å². The van der Waals surface area contributed by atoms with Gasteiger partial charge in [-0.05, 0) is 80.0 Å². The Bertz CT molecular complexity index is 1200. The molecule has 1 fully saturated rings. The minimum atomic E-state index is -4.74. The van der Waals surface area contributed by atoms with Crippen molar-refractivity contribution in [2.24, 2.45) is 11.3 Å². The van der Waals surface area contributed by atoms with Crippen molar-refractivity contribution in [1.82, 2.24) is 14.9 Å². The Kier molecular flexibility index (Phi) is 6.71. The largest absolute Gasteiger partial charge is 0.573 e. The highest BCUT2D eigenvalue weighted by molar-refractivity contribution is 5.97. The standard InChI is InChI=1S/C26H31F3N4O2/c1-5-30-23(34)17-6-11-22-21(13-17)32-24(33(22)19-12-16(2)14-25(3,4)15-19)31-18-7-9-20(10-8-18)35-26(27,28)29/h6-11,13,16,19H,5,12,14-15H2,1-4H3,(H,30,34)(H,31,32)/t16-,19+/m0/s1. The van der Waals surface area contributed by atoms with E-state index in [-0.39, 0.29) is 23.1 Å². The zero-order chi connectivity index (χ0) is 25.4. The van der Waals surface area contributed by atoms with Gasteiger partial charge in [0.25, 0.3) is 5.91 Å². The quantitative estimate of drug-likeness (QED) is 0.400. The van der Waals surface area contributed by atoms with Crippen LogP contribution in [-0.4, -0.2) is 28.4 Å². The maximum atomic E-state index is 12.5. The Morgan fingerprint density at radius 2 is 1.89 bits per heavy atom. The fourth-order valence-electron chi connectivity index (χ4n) is 5.32. The first-order chi connectivity index (χ1) is 16.4. The van der Waals surface area contributed by atoms with E-state index in [0.717, 1.165) is 24.8 Å². The summed E-state index contributed by atoms with van der Waals surface area (Å²) in [6.45, 7) is 9.20. The van der Waals surface area contributed by atoms with Gasteiger partial charge < -0.3 is 19.9 Å². The number of rotatable bonds is 6. The molecule has 1 aliphatic carbocycles. The Morgan fingerprint density at radius 1 is 1.17 bits per heavy atom. The van der Waals surface area contributed by atoms with Crippen molar-refractivity contribution < 1.29 is 22.7 Å². The number of hydrogen-bond donors (Lipinski definition) is 2. The zero-order valence-corrected chi connectivity index (χ0v) is 20.4. The van der Waals surface area contributed by atoms with E-state index in [2.05, 4.69) is 40.7 Å². The summed E-state index contributed by atoms with van der Waals surface area (Å²) in [5.41, 5.74) is 2.87. The number of imidazole rings is 1. The van der Waals surface area contributed by atoms with Crippen molar-refractivity contribution in [1.29, 1.82) is 0 Å². The van der Waals surface area contributed by atoms with E-state index < -0.39 is 6.36 Å². The average Bonchev–Trinajstić information content (AvgIpc) is 3.10. The number of anilines is 2. The number of nitrogens with one attached hydrogen (secondary N) is 2. The molecule has 1 heterocycles. The number of carbonyl (C=O) groups excluding carboxylic acids is 1. The molecule has 35 heavy (non-hydrogen) atoms. The van der Waals surface area contributed by atoms with Gasteiger partial charge in [0.15, 0.2) is 0 Å². The molecule has 0 saturated heterocycles. The molecule has 188 valence electrons. The van der Waals surface area contributed by atoms with Crippen LogP contribution in [0, 0.1) is 11.3 Å². The molecule has 9 heteroatoms. The molecule has 1 saturated carbocycles. The number of aromatic nitrogens is 2. The van der Waals surface area contributed by atoms with Gasteiger partial charge in [0.05, 0.1) is 11.0 Å². The van der Waals surface area contributed by atoms with Crippen LogP contribution in [0.1, 0.15) is 63.4 Å². The van der Waals surface area contributed by atoms with Gasteiger partial charge in [-0.25, -0.2) is 4.98 Å². The Hall–Kier alpha value is -3.23. The van der Waals surface area contributed by atoms with Crippen LogP contribution >= 0.6 is 0 Å². The van der Waals surface area contributed by atoms with Gasteiger partial charge in [0.1, 0.15) is 5.75 Å². The van der Waals surface area contributed by atoms with Crippen LogP contribution in [-0.2, 0) is 0 Å². The molecule has 0 spiro atoms. The molecule has 0 unspecified atom stereocenters. The molecule has 4 rings (SSSR count). The van der Waals surface area contributed by atoms with Gasteiger partial charge in [-0.3, -0.25) is 4.79 Å². The highest BCUT2D eigenvalue weighted by atomic mass is 19.4. The van der Waals surface area contributed by atoms with Crippen LogP contribution < -0.4 is 15.4 Å². The number of benzene rings is 2. The summed E-state index contributed by atoms with van der Waals surface area (Å²) in [5, 5.41) is 6.09. The number of fused-ring (bicyclic) bond motifs is 1. The first-order valence-corrected chi connectivity index (χ1v) is 11.9. The molecule has 2 aromatic carbocycles. The van der Waals surface area contributed by atoms with E-state index >= 15 is 0 Å². The monoisotopic (exact) mass is 488 g/mol. The van der Waals surface area contributed by atoms with Crippen LogP contribution in [0.4, 0.5) is 24.8 Å². The fraction of sp³-hybridized carbons (Fsp3) is 0.462. The number of hydrogen-bond acceptors (Lipinski definition) is 4. The molecule has 1 aromatic heterocycles. The first kappa shape index (κ1) is 24.9. The van der Waals surface area contributed by atoms with Crippen LogP contribution in [0.15, 0.2) is 42.5 Å². The molecular weight excluding hydrogens is 457 g/mol. The third-order valence-electron chi connectivity index (χ3n) is 6.36. The predicted molar refractivity (Wildman–Crippen MR) is 130 cm³/mol. The molecule has 1 amide bonds. The van der Waals surface area contributed by atoms with Gasteiger partial charge in [0.2, 0.25) is 5.95 Å². The highest BCUT2D eigenvalue weighted by Gasteiger charge is 2.35. The van der Waals surface area contributed by atoms with Crippen molar-refractivity contribution in [2.45, 2.75) is 59.4 Å². The van der Waals surface area contributed by atoms with E-state index in [0.29, 0.717) is 35.2 Å². The predicted octanol–water partition coefficient (Wildman–Crippen LogP) is 6.82. The summed E-state index contributed by atoms with van der Waals surface area (Å²) in [4.78, 5) is 17.2. The Labute approximate surface area is 202 Å². The van der Waals surface area contributed by atoms with E-state index in [9.17, 15) is 18.0 Å². The van der Waals surface area contributed by atoms with Gasteiger partial charge in [0, 0.05) is 23.8 Å². The SMILES string of the molecule is CCNC(=O)c1ccc2c(c1)nc(Nc1ccc(OC(F)(F)F)cc1)n2[C@@H]1C[C@H](C)CC(C)(C)C1. The maximum Gasteiger partial charge on any atom is 0.573 e. The lowest BCUT2D eigenvalue weighted by Crippen LogP contribution is -2.29. The molecule has 2 atom stereocenters. The Morgan fingerprint density at radius 3 is 2.51 bits per heavy atom. The number of ether oxygens (including phenoxy) is 1. The lowest BCUT2D eigenvalue weighted by molar-refractivity contribution is -0.274. The maximum absolute atomic E-state index is 12.5. The van der Waals surface area contributed by atoms with Crippen molar-refractivity contribution in [3.8, 4) is 5.75 Å². The van der Waals surface area contributed by atoms with E-state index in [1.807, 2.05) is 13.0 Å². The van der Waals surface area contributed by atoms with Gasteiger partial charge in [-0.2, -0.15) is 0 Å². The molecule has 2 N–H and O–H groups in total. The average molecular weight is 489 g/mol. The number of alkyl halides is 3. The highest BCUT2D eigenvalue weighted by Crippen LogP contribution is 2.46. The minimum absolute atomic E-state index is 0.160. The molecule has 3 aromatic rings. The topological polar surface area (TPSA) is 68.2 Å². The Balaban J connectivity index is 1.73. The molecule has 0 aliphatic heterocycles. The normalized spacial score (nSPS) is 20.0. The molecule has 0 radical (unpaired) electrons.